The van der Waals surface area contributed by atoms with E-state index in [2.05, 4.69) is 5.32 Å². The number of benzene rings is 2. The maximum atomic E-state index is 12.1. The van der Waals surface area contributed by atoms with Gasteiger partial charge in [0.05, 0.1) is 6.10 Å². The van der Waals surface area contributed by atoms with Crippen molar-refractivity contribution in [1.82, 2.24) is 5.32 Å². The molecule has 2 aromatic rings. The first kappa shape index (κ1) is 21.2. The molecule has 2 amide bonds. The highest BCUT2D eigenvalue weighted by Gasteiger charge is 2.21. The van der Waals surface area contributed by atoms with E-state index in [0.717, 1.165) is 42.8 Å². The number of carbonyl (C=O) groups excluding carboxylic acids is 2. The fourth-order valence-electron chi connectivity index (χ4n) is 4.11. The fourth-order valence-corrected chi connectivity index (χ4v) is 4.11. The maximum Gasteiger partial charge on any atom is 0.258 e. The highest BCUT2D eigenvalue weighted by molar-refractivity contribution is 5.95. The lowest BCUT2D eigenvalue weighted by Gasteiger charge is -2.23. The topological polar surface area (TPSA) is 67.9 Å². The van der Waals surface area contributed by atoms with Crippen LogP contribution in [0.15, 0.2) is 48.5 Å². The monoisotopic (exact) mass is 422 g/mol. The number of nitrogens with one attached hydrogen (secondary N) is 1. The fraction of sp³-hybridized carbons (Fsp3) is 0.440. The second-order valence-corrected chi connectivity index (χ2v) is 8.23. The minimum atomic E-state index is -0.179. The molecular weight excluding hydrogens is 392 g/mol. The first-order chi connectivity index (χ1) is 15.2. The summed E-state index contributed by atoms with van der Waals surface area (Å²) in [6.45, 7) is 1.15. The summed E-state index contributed by atoms with van der Waals surface area (Å²) in [7, 11) is 0. The quantitative estimate of drug-likeness (QED) is 0.692. The number of anilines is 1. The predicted octanol–water partition coefficient (Wildman–Crippen LogP) is 4.22. The van der Waals surface area contributed by atoms with E-state index >= 15 is 0 Å². The molecule has 0 spiro atoms. The second kappa shape index (κ2) is 10.3. The Morgan fingerprint density at radius 1 is 0.935 bits per heavy atom. The van der Waals surface area contributed by atoms with Gasteiger partial charge in [-0.1, -0.05) is 18.6 Å². The Balaban J connectivity index is 1.18. The van der Waals surface area contributed by atoms with Gasteiger partial charge in [-0.15, -0.1) is 0 Å². The molecule has 2 aliphatic rings. The molecule has 1 heterocycles. The van der Waals surface area contributed by atoms with Gasteiger partial charge in [-0.25, -0.2) is 0 Å². The van der Waals surface area contributed by atoms with Crippen LogP contribution in [0, 0.1) is 0 Å². The number of rotatable bonds is 8. The Labute approximate surface area is 183 Å². The van der Waals surface area contributed by atoms with Gasteiger partial charge in [-0.3, -0.25) is 9.59 Å². The van der Waals surface area contributed by atoms with Crippen molar-refractivity contribution in [3.63, 3.8) is 0 Å². The van der Waals surface area contributed by atoms with Gasteiger partial charge in [0, 0.05) is 25.2 Å². The van der Waals surface area contributed by atoms with E-state index < -0.39 is 0 Å². The number of carbonyl (C=O) groups is 2. The van der Waals surface area contributed by atoms with Gasteiger partial charge >= 0.3 is 0 Å². The SMILES string of the molecule is O=C(COc1ccc(N2CCCC2=O)cc1)NCc1ccc(OC2CCCCC2)cc1. The molecule has 6 nitrogen and oxygen atoms in total. The summed E-state index contributed by atoms with van der Waals surface area (Å²) < 4.78 is 11.6. The standard InChI is InChI=1S/C25H30N2O4/c28-24(18-30-21-14-10-20(11-15-21)27-16-4-7-25(27)29)26-17-19-8-12-23(13-9-19)31-22-5-2-1-3-6-22/h8-15,22H,1-7,16-18H2,(H,26,28). The lowest BCUT2D eigenvalue weighted by molar-refractivity contribution is -0.123. The summed E-state index contributed by atoms with van der Waals surface area (Å²) in [5.74, 6) is 1.47. The van der Waals surface area contributed by atoms with Crippen molar-refractivity contribution in [3.8, 4) is 11.5 Å². The van der Waals surface area contributed by atoms with Crippen LogP contribution in [0.2, 0.25) is 0 Å². The first-order valence-corrected chi connectivity index (χ1v) is 11.2. The van der Waals surface area contributed by atoms with Gasteiger partial charge in [0.15, 0.2) is 6.61 Å². The highest BCUT2D eigenvalue weighted by atomic mass is 16.5. The number of hydrogen-bond acceptors (Lipinski definition) is 4. The molecule has 0 radical (unpaired) electrons. The molecule has 0 bridgehead atoms. The van der Waals surface area contributed by atoms with Crippen molar-refractivity contribution in [2.45, 2.75) is 57.6 Å². The molecule has 2 aromatic carbocycles. The van der Waals surface area contributed by atoms with Gasteiger partial charge in [0.1, 0.15) is 11.5 Å². The summed E-state index contributed by atoms with van der Waals surface area (Å²) in [6.07, 6.45) is 7.92. The van der Waals surface area contributed by atoms with E-state index in [9.17, 15) is 9.59 Å². The van der Waals surface area contributed by atoms with Crippen LogP contribution in [0.1, 0.15) is 50.5 Å². The van der Waals surface area contributed by atoms with Crippen LogP contribution < -0.4 is 19.7 Å². The summed E-state index contributed by atoms with van der Waals surface area (Å²) in [5.41, 5.74) is 1.89. The van der Waals surface area contributed by atoms with Crippen molar-refractivity contribution in [2.24, 2.45) is 0 Å². The third kappa shape index (κ3) is 6.00. The molecular formula is C25H30N2O4. The van der Waals surface area contributed by atoms with Gasteiger partial charge in [0.25, 0.3) is 5.91 Å². The molecule has 1 aliphatic carbocycles. The summed E-state index contributed by atoms with van der Waals surface area (Å²) in [4.78, 5) is 25.7. The first-order valence-electron chi connectivity index (χ1n) is 11.2. The van der Waals surface area contributed by atoms with Gasteiger partial charge < -0.3 is 19.7 Å². The maximum absolute atomic E-state index is 12.1. The highest BCUT2D eigenvalue weighted by Crippen LogP contribution is 2.25. The molecule has 1 saturated carbocycles. The van der Waals surface area contributed by atoms with Gasteiger partial charge in [-0.05, 0) is 74.1 Å². The average molecular weight is 423 g/mol. The van der Waals surface area contributed by atoms with Crippen molar-refractivity contribution in [2.75, 3.05) is 18.1 Å². The minimum Gasteiger partial charge on any atom is -0.490 e. The smallest absolute Gasteiger partial charge is 0.258 e. The Morgan fingerprint density at radius 2 is 1.65 bits per heavy atom. The molecule has 0 atom stereocenters. The van der Waals surface area contributed by atoms with E-state index in [-0.39, 0.29) is 18.4 Å². The third-order valence-electron chi connectivity index (χ3n) is 5.86. The predicted molar refractivity (Wildman–Crippen MR) is 119 cm³/mol. The van der Waals surface area contributed by atoms with Crippen LogP contribution in [0.4, 0.5) is 5.69 Å². The van der Waals surface area contributed by atoms with Crippen LogP contribution in [-0.2, 0) is 16.1 Å². The van der Waals surface area contributed by atoms with Crippen molar-refractivity contribution in [3.05, 3.63) is 54.1 Å². The zero-order chi connectivity index (χ0) is 21.5. The number of amides is 2. The number of ether oxygens (including phenoxy) is 2. The van der Waals surface area contributed by atoms with E-state index in [1.54, 1.807) is 17.0 Å². The Bertz CT molecular complexity index is 873. The Morgan fingerprint density at radius 3 is 2.32 bits per heavy atom. The van der Waals surface area contributed by atoms with E-state index in [4.69, 9.17) is 9.47 Å². The lowest BCUT2D eigenvalue weighted by atomic mass is 9.98. The summed E-state index contributed by atoms with van der Waals surface area (Å²) in [6, 6.07) is 15.2. The normalized spacial score (nSPS) is 16.9. The minimum absolute atomic E-state index is 0.0507. The molecule has 2 fully saturated rings. The van der Waals surface area contributed by atoms with Crippen LogP contribution in [-0.4, -0.2) is 31.1 Å². The molecule has 6 heteroatoms. The number of nitrogens with zero attached hydrogens (tertiary/aromatic N) is 1. The Hall–Kier alpha value is -3.02. The molecule has 1 saturated heterocycles. The van der Waals surface area contributed by atoms with Crippen LogP contribution in [0.25, 0.3) is 0 Å². The zero-order valence-electron chi connectivity index (χ0n) is 17.8. The second-order valence-electron chi connectivity index (χ2n) is 8.23. The molecule has 0 unspecified atom stereocenters. The van der Waals surface area contributed by atoms with Crippen LogP contribution in [0.5, 0.6) is 11.5 Å². The van der Waals surface area contributed by atoms with Crippen molar-refractivity contribution >= 4 is 17.5 Å². The van der Waals surface area contributed by atoms with Gasteiger partial charge in [-0.2, -0.15) is 0 Å². The van der Waals surface area contributed by atoms with E-state index in [1.165, 1.54) is 19.3 Å². The molecule has 31 heavy (non-hydrogen) atoms. The van der Waals surface area contributed by atoms with Crippen molar-refractivity contribution in [1.29, 1.82) is 0 Å². The summed E-state index contributed by atoms with van der Waals surface area (Å²) >= 11 is 0. The molecule has 1 aliphatic heterocycles. The van der Waals surface area contributed by atoms with Crippen LogP contribution >= 0.6 is 0 Å². The van der Waals surface area contributed by atoms with E-state index in [1.807, 2.05) is 36.4 Å². The largest absolute Gasteiger partial charge is 0.490 e. The zero-order valence-corrected chi connectivity index (χ0v) is 17.8. The average Bonchev–Trinajstić information content (AvgIpc) is 3.24. The lowest BCUT2D eigenvalue weighted by Crippen LogP contribution is -2.28. The molecule has 0 aromatic heterocycles. The van der Waals surface area contributed by atoms with Crippen LogP contribution in [0.3, 0.4) is 0 Å². The molecule has 1 N–H and O–H groups in total. The molecule has 4 rings (SSSR count). The molecule has 164 valence electrons. The summed E-state index contributed by atoms with van der Waals surface area (Å²) in [5, 5.41) is 2.87. The van der Waals surface area contributed by atoms with Crippen molar-refractivity contribution < 1.29 is 19.1 Å². The van der Waals surface area contributed by atoms with Gasteiger partial charge in [0.2, 0.25) is 5.91 Å². The van der Waals surface area contributed by atoms with E-state index in [0.29, 0.717) is 24.8 Å². The third-order valence-corrected chi connectivity index (χ3v) is 5.86. The number of hydrogen-bond donors (Lipinski definition) is 1. The Kier molecular flexibility index (Phi) is 7.07.